The quantitative estimate of drug-likeness (QED) is 0.746. The molecule has 1 N–H and O–H groups in total. The van der Waals surface area contributed by atoms with Crippen molar-refractivity contribution >= 4 is 11.4 Å². The largest absolute Gasteiger partial charge is 0.494 e. The molecule has 0 fully saturated rings. The lowest BCUT2D eigenvalue weighted by Crippen LogP contribution is -2.43. The van der Waals surface area contributed by atoms with E-state index >= 15 is 0 Å². The molecule has 3 nitrogen and oxygen atoms in total. The van der Waals surface area contributed by atoms with Gasteiger partial charge in [0.05, 0.1) is 18.4 Å². The highest BCUT2D eigenvalue weighted by Crippen LogP contribution is 2.42. The summed E-state index contributed by atoms with van der Waals surface area (Å²) in [5, 5.41) is 7.86. The van der Waals surface area contributed by atoms with E-state index in [4.69, 9.17) is 15.1 Å². The predicted octanol–water partition coefficient (Wildman–Crippen LogP) is 3.37. The van der Waals surface area contributed by atoms with Crippen LogP contribution >= 0.6 is 0 Å². The Kier molecular flexibility index (Phi) is 3.18. The zero-order chi connectivity index (χ0) is 13.5. The van der Waals surface area contributed by atoms with Crippen LogP contribution in [0.2, 0.25) is 0 Å². The Morgan fingerprint density at radius 3 is 2.61 bits per heavy atom. The van der Waals surface area contributed by atoms with Gasteiger partial charge in [0.15, 0.2) is 0 Å². The predicted molar refractivity (Wildman–Crippen MR) is 75.4 cm³/mol. The van der Waals surface area contributed by atoms with Crippen LogP contribution in [0.5, 0.6) is 0 Å². The molecular weight excluding hydrogens is 224 g/mol. The van der Waals surface area contributed by atoms with Gasteiger partial charge in [0.25, 0.3) is 0 Å². The molecule has 0 aromatic heterocycles. The van der Waals surface area contributed by atoms with Crippen molar-refractivity contribution in [3.63, 3.8) is 0 Å². The summed E-state index contributed by atoms with van der Waals surface area (Å²) in [7, 11) is 1.65. The molecule has 18 heavy (non-hydrogen) atoms. The Labute approximate surface area is 109 Å². The molecule has 1 heterocycles. The fraction of sp³-hybridized carbons (Fsp3) is 0.600. The van der Waals surface area contributed by atoms with E-state index in [1.165, 1.54) is 0 Å². The third-order valence-corrected chi connectivity index (χ3v) is 4.63. The van der Waals surface area contributed by atoms with Gasteiger partial charge in [-0.15, -0.1) is 0 Å². The number of hydrogen-bond donors (Lipinski definition) is 1. The van der Waals surface area contributed by atoms with Gasteiger partial charge in [-0.25, -0.2) is 0 Å². The Morgan fingerprint density at radius 1 is 1.39 bits per heavy atom. The molecule has 3 heteroatoms. The van der Waals surface area contributed by atoms with E-state index in [0.29, 0.717) is 17.5 Å². The number of fused-ring (bicyclic) bond motifs is 1. The number of rotatable bonds is 2. The van der Waals surface area contributed by atoms with Crippen LogP contribution in [0.15, 0.2) is 28.5 Å². The van der Waals surface area contributed by atoms with Gasteiger partial charge in [-0.3, -0.25) is 4.99 Å². The normalized spacial score (nSPS) is 35.4. The third kappa shape index (κ3) is 1.82. The lowest BCUT2D eigenvalue weighted by molar-refractivity contribution is 0.239. The van der Waals surface area contributed by atoms with Crippen LogP contribution in [-0.2, 0) is 4.74 Å². The molecule has 2 rings (SSSR count). The Morgan fingerprint density at radius 2 is 2.06 bits per heavy atom. The van der Waals surface area contributed by atoms with E-state index < -0.39 is 0 Å². The molecular formula is C15H22N2O. The van der Waals surface area contributed by atoms with Gasteiger partial charge >= 0.3 is 0 Å². The Balaban J connectivity index is 2.57. The molecule has 0 bridgehead atoms. The zero-order valence-corrected chi connectivity index (χ0v) is 11.9. The SMILES string of the molecule is CCC1(C)N=C2C(OC)=CC(=N)C=C2C(C)C1C. The monoisotopic (exact) mass is 246 g/mol. The topological polar surface area (TPSA) is 45.4 Å². The minimum atomic E-state index is -0.0385. The standard InChI is InChI=1S/C15H22N2O/c1-6-15(4)10(3)9(2)12-7-11(16)8-13(18-5)14(12)17-15/h7-10,16H,6H2,1-5H3. The molecule has 3 atom stereocenters. The number of allylic oxidation sites excluding steroid dienone is 3. The van der Waals surface area contributed by atoms with Crippen LogP contribution < -0.4 is 0 Å². The summed E-state index contributed by atoms with van der Waals surface area (Å²) in [5.74, 6) is 1.61. The second kappa shape index (κ2) is 4.38. The van der Waals surface area contributed by atoms with Crippen molar-refractivity contribution in [1.82, 2.24) is 0 Å². The molecule has 0 saturated heterocycles. The highest BCUT2D eigenvalue weighted by Gasteiger charge is 2.41. The number of nitrogens with zero attached hydrogens (tertiary/aromatic N) is 1. The van der Waals surface area contributed by atoms with Crippen LogP contribution in [0.25, 0.3) is 0 Å². The summed E-state index contributed by atoms with van der Waals surface area (Å²) in [6.07, 6.45) is 4.70. The van der Waals surface area contributed by atoms with Gasteiger partial charge < -0.3 is 10.1 Å². The fourth-order valence-corrected chi connectivity index (χ4v) is 2.82. The van der Waals surface area contributed by atoms with Crippen LogP contribution in [0.3, 0.4) is 0 Å². The van der Waals surface area contributed by atoms with Gasteiger partial charge in [-0.2, -0.15) is 0 Å². The molecule has 1 aliphatic heterocycles. The molecule has 0 radical (unpaired) electrons. The highest BCUT2D eigenvalue weighted by atomic mass is 16.5. The first kappa shape index (κ1) is 13.1. The zero-order valence-electron chi connectivity index (χ0n) is 11.9. The number of hydrogen-bond acceptors (Lipinski definition) is 3. The summed E-state index contributed by atoms with van der Waals surface area (Å²) in [5.41, 5.74) is 2.56. The molecule has 2 aliphatic rings. The van der Waals surface area contributed by atoms with Crippen molar-refractivity contribution in [3.05, 3.63) is 23.5 Å². The second-order valence-electron chi connectivity index (χ2n) is 5.52. The average molecular weight is 246 g/mol. The van der Waals surface area contributed by atoms with Crippen molar-refractivity contribution < 1.29 is 4.74 Å². The number of aliphatic imine (C=N–C) groups is 1. The minimum Gasteiger partial charge on any atom is -0.494 e. The molecule has 0 saturated carbocycles. The van der Waals surface area contributed by atoms with E-state index in [0.717, 1.165) is 23.5 Å². The van der Waals surface area contributed by atoms with Crippen LogP contribution in [-0.4, -0.2) is 24.1 Å². The summed E-state index contributed by atoms with van der Waals surface area (Å²) >= 11 is 0. The first-order valence-electron chi connectivity index (χ1n) is 6.59. The van der Waals surface area contributed by atoms with Crippen molar-refractivity contribution in [1.29, 1.82) is 5.41 Å². The van der Waals surface area contributed by atoms with E-state index in [2.05, 4.69) is 27.7 Å². The van der Waals surface area contributed by atoms with Crippen molar-refractivity contribution in [2.45, 2.75) is 39.7 Å². The van der Waals surface area contributed by atoms with Crippen molar-refractivity contribution in [2.24, 2.45) is 16.8 Å². The average Bonchev–Trinajstić information content (AvgIpc) is 2.36. The maximum Gasteiger partial charge on any atom is 0.146 e. The van der Waals surface area contributed by atoms with Gasteiger partial charge in [-0.1, -0.05) is 20.8 Å². The van der Waals surface area contributed by atoms with Gasteiger partial charge in [-0.05, 0) is 36.8 Å². The summed E-state index contributed by atoms with van der Waals surface area (Å²) < 4.78 is 5.40. The Bertz CT molecular complexity index is 473. The second-order valence-corrected chi connectivity index (χ2v) is 5.52. The number of ether oxygens (including phenoxy) is 1. The molecule has 0 aromatic rings. The summed E-state index contributed by atoms with van der Waals surface area (Å²) in [6.45, 7) is 8.88. The molecule has 0 amide bonds. The first-order valence-corrected chi connectivity index (χ1v) is 6.59. The number of methoxy groups -OCH3 is 1. The van der Waals surface area contributed by atoms with Gasteiger partial charge in [0, 0.05) is 6.08 Å². The summed E-state index contributed by atoms with van der Waals surface area (Å²) in [4.78, 5) is 4.93. The van der Waals surface area contributed by atoms with E-state index in [-0.39, 0.29) is 5.54 Å². The molecule has 1 aliphatic carbocycles. The molecule has 98 valence electrons. The van der Waals surface area contributed by atoms with Crippen LogP contribution in [0, 0.1) is 17.2 Å². The lowest BCUT2D eigenvalue weighted by atomic mass is 9.69. The number of nitrogens with one attached hydrogen (secondary N) is 1. The molecule has 3 unspecified atom stereocenters. The molecule has 0 spiro atoms. The van der Waals surface area contributed by atoms with Gasteiger partial charge in [0.2, 0.25) is 0 Å². The smallest absolute Gasteiger partial charge is 0.146 e. The van der Waals surface area contributed by atoms with Crippen molar-refractivity contribution in [3.8, 4) is 0 Å². The van der Waals surface area contributed by atoms with Crippen molar-refractivity contribution in [2.75, 3.05) is 7.11 Å². The van der Waals surface area contributed by atoms with E-state index in [1.807, 2.05) is 6.08 Å². The maximum atomic E-state index is 7.86. The van der Waals surface area contributed by atoms with Crippen LogP contribution in [0.1, 0.15) is 34.1 Å². The van der Waals surface area contributed by atoms with Crippen LogP contribution in [0.4, 0.5) is 0 Å². The lowest BCUT2D eigenvalue weighted by Gasteiger charge is -2.42. The van der Waals surface area contributed by atoms with Gasteiger partial charge in [0.1, 0.15) is 11.5 Å². The van der Waals surface area contributed by atoms with E-state index in [9.17, 15) is 0 Å². The minimum absolute atomic E-state index is 0.0385. The first-order chi connectivity index (χ1) is 8.42. The summed E-state index contributed by atoms with van der Waals surface area (Å²) in [6, 6.07) is 0. The van der Waals surface area contributed by atoms with E-state index in [1.54, 1.807) is 13.2 Å². The molecule has 0 aromatic carbocycles. The third-order valence-electron chi connectivity index (χ3n) is 4.63. The fourth-order valence-electron chi connectivity index (χ4n) is 2.82. The Hall–Kier alpha value is -1.38. The maximum absolute atomic E-state index is 7.86. The highest BCUT2D eigenvalue weighted by molar-refractivity contribution is 6.23.